The SMILES string of the molecule is NS(N)(=O)=O.c1ncc2sccc2n1. The second-order valence-electron chi connectivity index (χ2n) is 2.28. The Labute approximate surface area is 84.8 Å². The quantitative estimate of drug-likeness (QED) is 0.657. The van der Waals surface area contributed by atoms with E-state index in [1.54, 1.807) is 17.7 Å². The van der Waals surface area contributed by atoms with E-state index in [0.717, 1.165) is 10.2 Å². The fourth-order valence-corrected chi connectivity index (χ4v) is 1.42. The summed E-state index contributed by atoms with van der Waals surface area (Å²) in [4.78, 5) is 7.92. The maximum atomic E-state index is 9.19. The summed E-state index contributed by atoms with van der Waals surface area (Å²) in [5, 5.41) is 10.2. The van der Waals surface area contributed by atoms with Crippen LogP contribution in [0.1, 0.15) is 0 Å². The molecule has 0 saturated heterocycles. The molecular weight excluding hydrogens is 224 g/mol. The number of rotatable bonds is 0. The van der Waals surface area contributed by atoms with Crippen LogP contribution in [0.4, 0.5) is 0 Å². The molecule has 0 aromatic carbocycles. The standard InChI is InChI=1S/C6H4N2S.H4N2O2S/c1-2-9-6-3-7-4-8-5(1)6;1-5(2,3)4/h1-4H;(H4,1,2,3,4). The van der Waals surface area contributed by atoms with Crippen molar-refractivity contribution in [3.63, 3.8) is 0 Å². The van der Waals surface area contributed by atoms with Crippen LogP contribution in [-0.4, -0.2) is 18.4 Å². The molecule has 76 valence electrons. The smallest absolute Gasteiger partial charge is 0.243 e. The Morgan fingerprint density at radius 1 is 1.36 bits per heavy atom. The van der Waals surface area contributed by atoms with Crippen molar-refractivity contribution in [2.24, 2.45) is 10.3 Å². The van der Waals surface area contributed by atoms with Gasteiger partial charge in [-0.15, -0.1) is 11.3 Å². The topological polar surface area (TPSA) is 112 Å². The fourth-order valence-electron chi connectivity index (χ4n) is 0.714. The Kier molecular flexibility index (Phi) is 3.47. The molecule has 0 bridgehead atoms. The minimum absolute atomic E-state index is 1.04. The van der Waals surface area contributed by atoms with Crippen LogP contribution in [0, 0.1) is 0 Å². The molecule has 0 saturated carbocycles. The van der Waals surface area contributed by atoms with Gasteiger partial charge >= 0.3 is 0 Å². The lowest BCUT2D eigenvalue weighted by Gasteiger charge is -1.81. The molecule has 2 aromatic heterocycles. The van der Waals surface area contributed by atoms with Gasteiger partial charge in [-0.1, -0.05) is 0 Å². The molecule has 4 N–H and O–H groups in total. The first-order valence-corrected chi connectivity index (χ1v) is 5.89. The zero-order chi connectivity index (χ0) is 10.6. The van der Waals surface area contributed by atoms with Crippen molar-refractivity contribution in [3.8, 4) is 0 Å². The molecule has 0 atom stereocenters. The van der Waals surface area contributed by atoms with Crippen molar-refractivity contribution < 1.29 is 8.42 Å². The van der Waals surface area contributed by atoms with Crippen molar-refractivity contribution in [1.82, 2.24) is 9.97 Å². The summed E-state index contributed by atoms with van der Waals surface area (Å²) in [6.45, 7) is 0. The van der Waals surface area contributed by atoms with Gasteiger partial charge in [0.1, 0.15) is 6.33 Å². The molecule has 0 aliphatic carbocycles. The van der Waals surface area contributed by atoms with Gasteiger partial charge in [-0.3, -0.25) is 0 Å². The number of thiophene rings is 1. The molecule has 0 amide bonds. The van der Waals surface area contributed by atoms with Gasteiger partial charge in [0.25, 0.3) is 10.2 Å². The van der Waals surface area contributed by atoms with Crippen LogP contribution in [0.3, 0.4) is 0 Å². The van der Waals surface area contributed by atoms with Crippen LogP contribution in [0.25, 0.3) is 10.2 Å². The van der Waals surface area contributed by atoms with Crippen LogP contribution >= 0.6 is 11.3 Å². The van der Waals surface area contributed by atoms with E-state index >= 15 is 0 Å². The second kappa shape index (κ2) is 4.42. The molecule has 14 heavy (non-hydrogen) atoms. The molecule has 0 unspecified atom stereocenters. The van der Waals surface area contributed by atoms with Gasteiger partial charge in [0.05, 0.1) is 10.2 Å². The third kappa shape index (κ3) is 4.23. The second-order valence-corrected chi connectivity index (χ2v) is 4.41. The predicted octanol–water partition coefficient (Wildman–Crippen LogP) is -0.160. The van der Waals surface area contributed by atoms with E-state index in [1.807, 2.05) is 17.6 Å². The number of nitrogens with two attached hydrogens (primary N) is 2. The van der Waals surface area contributed by atoms with E-state index in [2.05, 4.69) is 20.2 Å². The van der Waals surface area contributed by atoms with Crippen LogP contribution in [0.5, 0.6) is 0 Å². The molecule has 0 spiro atoms. The first kappa shape index (κ1) is 11.0. The number of nitrogens with zero attached hydrogens (tertiary/aromatic N) is 2. The minimum Gasteiger partial charge on any atom is -0.243 e. The first-order chi connectivity index (χ1) is 6.47. The van der Waals surface area contributed by atoms with E-state index in [4.69, 9.17) is 0 Å². The average molecular weight is 232 g/mol. The summed E-state index contributed by atoms with van der Waals surface area (Å²) in [5.74, 6) is 0. The molecule has 8 heteroatoms. The van der Waals surface area contributed by atoms with E-state index in [-0.39, 0.29) is 0 Å². The Bertz CT molecular complexity index is 469. The van der Waals surface area contributed by atoms with Crippen LogP contribution < -0.4 is 10.3 Å². The van der Waals surface area contributed by atoms with Gasteiger partial charge in [-0.2, -0.15) is 8.42 Å². The van der Waals surface area contributed by atoms with Crippen LogP contribution in [-0.2, 0) is 10.2 Å². The minimum atomic E-state index is -3.67. The normalized spacial score (nSPS) is 10.7. The van der Waals surface area contributed by atoms with Crippen molar-refractivity contribution in [1.29, 1.82) is 0 Å². The van der Waals surface area contributed by atoms with E-state index in [1.165, 1.54) is 0 Å². The number of hydrogen-bond acceptors (Lipinski definition) is 5. The fraction of sp³-hybridized carbons (Fsp3) is 0. The molecule has 0 radical (unpaired) electrons. The van der Waals surface area contributed by atoms with Gasteiger partial charge in [-0.05, 0) is 11.4 Å². The molecule has 0 fully saturated rings. The van der Waals surface area contributed by atoms with Crippen molar-refractivity contribution in [2.75, 3.05) is 0 Å². The lowest BCUT2D eigenvalue weighted by molar-refractivity contribution is 0.599. The molecule has 0 aliphatic rings. The van der Waals surface area contributed by atoms with Gasteiger partial charge in [0, 0.05) is 6.20 Å². The van der Waals surface area contributed by atoms with E-state index < -0.39 is 10.2 Å². The third-order valence-corrected chi connectivity index (χ3v) is 1.97. The van der Waals surface area contributed by atoms with E-state index in [9.17, 15) is 8.42 Å². The number of fused-ring (bicyclic) bond motifs is 1. The van der Waals surface area contributed by atoms with Crippen LogP contribution in [0.2, 0.25) is 0 Å². The lowest BCUT2D eigenvalue weighted by atomic mass is 10.5. The predicted molar refractivity (Wildman–Crippen MR) is 54.7 cm³/mol. The molecule has 2 heterocycles. The molecule has 2 rings (SSSR count). The van der Waals surface area contributed by atoms with Gasteiger partial charge < -0.3 is 0 Å². The summed E-state index contributed by atoms with van der Waals surface area (Å²) in [7, 11) is -3.67. The highest BCUT2D eigenvalue weighted by molar-refractivity contribution is 7.86. The lowest BCUT2D eigenvalue weighted by Crippen LogP contribution is -2.21. The Morgan fingerprint density at radius 3 is 2.57 bits per heavy atom. The van der Waals surface area contributed by atoms with Gasteiger partial charge in [0.15, 0.2) is 0 Å². The maximum Gasteiger partial charge on any atom is 0.271 e. The molecule has 6 nitrogen and oxygen atoms in total. The summed E-state index contributed by atoms with van der Waals surface area (Å²) in [5.41, 5.74) is 1.04. The molecule has 0 aliphatic heterocycles. The Hall–Kier alpha value is -1.09. The zero-order valence-corrected chi connectivity index (χ0v) is 8.62. The largest absolute Gasteiger partial charge is 0.271 e. The zero-order valence-electron chi connectivity index (χ0n) is 6.99. The number of hydrogen-bond donors (Lipinski definition) is 2. The Balaban J connectivity index is 0.000000171. The first-order valence-electron chi connectivity index (χ1n) is 3.40. The summed E-state index contributed by atoms with van der Waals surface area (Å²) < 4.78 is 19.5. The molecule has 2 aromatic rings. The van der Waals surface area contributed by atoms with Gasteiger partial charge in [-0.25, -0.2) is 20.2 Å². The highest BCUT2D eigenvalue weighted by Gasteiger charge is 1.90. The van der Waals surface area contributed by atoms with Crippen molar-refractivity contribution >= 4 is 31.8 Å². The maximum absolute atomic E-state index is 9.19. The number of aromatic nitrogens is 2. The van der Waals surface area contributed by atoms with E-state index in [0.29, 0.717) is 0 Å². The summed E-state index contributed by atoms with van der Waals surface area (Å²) in [6, 6.07) is 1.99. The summed E-state index contributed by atoms with van der Waals surface area (Å²) in [6.07, 6.45) is 3.39. The monoisotopic (exact) mass is 232 g/mol. The Morgan fingerprint density at radius 2 is 2.00 bits per heavy atom. The highest BCUT2D eigenvalue weighted by atomic mass is 32.2. The summed E-state index contributed by atoms with van der Waals surface area (Å²) >= 11 is 1.66. The highest BCUT2D eigenvalue weighted by Crippen LogP contribution is 2.15. The van der Waals surface area contributed by atoms with Crippen molar-refractivity contribution in [2.45, 2.75) is 0 Å². The van der Waals surface area contributed by atoms with Crippen LogP contribution in [0.15, 0.2) is 24.0 Å². The van der Waals surface area contributed by atoms with Crippen molar-refractivity contribution in [3.05, 3.63) is 24.0 Å². The third-order valence-electron chi connectivity index (χ3n) is 1.13. The molecular formula is C6H8N4O2S2. The average Bonchev–Trinajstić information content (AvgIpc) is 2.47. The van der Waals surface area contributed by atoms with Gasteiger partial charge in [0.2, 0.25) is 0 Å².